The number of nitrogens with one attached hydrogen (secondary N) is 1. The molecule has 0 radical (unpaired) electrons. The van der Waals surface area contributed by atoms with Crippen LogP contribution in [0.2, 0.25) is 0 Å². The van der Waals surface area contributed by atoms with E-state index in [2.05, 4.69) is 49.3 Å². The molecule has 1 aromatic carbocycles. The van der Waals surface area contributed by atoms with Gasteiger partial charge < -0.3 is 15.2 Å². The highest BCUT2D eigenvalue weighted by atomic mass is 16.3. The maximum Gasteiger partial charge on any atom is 0.0662 e. The topological polar surface area (TPSA) is 56.2 Å². The molecule has 0 aliphatic rings. The van der Waals surface area contributed by atoms with Crippen LogP contribution in [0.3, 0.4) is 0 Å². The molecule has 0 aliphatic heterocycles. The van der Waals surface area contributed by atoms with Crippen LogP contribution in [-0.2, 0) is 0 Å². The first-order valence-corrected chi connectivity index (χ1v) is 6.48. The fourth-order valence-corrected chi connectivity index (χ4v) is 1.57. The van der Waals surface area contributed by atoms with Gasteiger partial charge in [-0.05, 0) is 17.5 Å². The Balaban J connectivity index is 0.000000415. The van der Waals surface area contributed by atoms with Gasteiger partial charge in [0.1, 0.15) is 0 Å². The normalized spacial score (nSPS) is 9.50. The molecule has 0 aliphatic carbocycles. The van der Waals surface area contributed by atoms with E-state index in [0.29, 0.717) is 5.92 Å². The first kappa shape index (κ1) is 16.7. The van der Waals surface area contributed by atoms with E-state index in [0.717, 1.165) is 0 Å². The Morgan fingerprint density at radius 2 is 1.61 bits per heavy atom. The van der Waals surface area contributed by atoms with Crippen molar-refractivity contribution in [1.29, 1.82) is 0 Å². The summed E-state index contributed by atoms with van der Waals surface area (Å²) in [6, 6.07) is 8.42. The van der Waals surface area contributed by atoms with Gasteiger partial charge in [-0.15, -0.1) is 0 Å². The van der Waals surface area contributed by atoms with Crippen LogP contribution in [0.25, 0.3) is 10.9 Å². The van der Waals surface area contributed by atoms with Gasteiger partial charge in [0, 0.05) is 17.1 Å². The van der Waals surface area contributed by atoms with Crippen LogP contribution >= 0.6 is 0 Å². The van der Waals surface area contributed by atoms with E-state index in [1.807, 2.05) is 13.8 Å². The minimum absolute atomic E-state index is 0.125. The maximum absolute atomic E-state index is 7.62. The number of H-pyrrole nitrogens is 1. The molecular weight excluding hydrogens is 226 g/mol. The standard InChI is InChI=1S/C11H13N.C2H6O2.C2H6/c1-8(2)10-7-12-11-6-4-3-5-9(10)11;3-1-2-4;1-2/h3-8,12H,1-2H3;3-4H,1-2H2;1-2H3. The number of aliphatic hydroxyl groups is 2. The van der Waals surface area contributed by atoms with E-state index < -0.39 is 0 Å². The van der Waals surface area contributed by atoms with Gasteiger partial charge in [-0.3, -0.25) is 0 Å². The van der Waals surface area contributed by atoms with Gasteiger partial charge >= 0.3 is 0 Å². The van der Waals surface area contributed by atoms with Crippen molar-refractivity contribution < 1.29 is 10.2 Å². The monoisotopic (exact) mass is 251 g/mol. The van der Waals surface area contributed by atoms with Crippen LogP contribution in [-0.4, -0.2) is 28.4 Å². The minimum atomic E-state index is -0.125. The fourth-order valence-electron chi connectivity index (χ4n) is 1.57. The van der Waals surface area contributed by atoms with E-state index >= 15 is 0 Å². The lowest BCUT2D eigenvalue weighted by molar-refractivity contribution is 0.186. The summed E-state index contributed by atoms with van der Waals surface area (Å²) in [5.74, 6) is 0.598. The molecule has 0 bridgehead atoms. The third-order valence-corrected chi connectivity index (χ3v) is 2.34. The average molecular weight is 251 g/mol. The van der Waals surface area contributed by atoms with E-state index in [-0.39, 0.29) is 13.2 Å². The predicted octanol–water partition coefficient (Wildman–Crippen LogP) is 3.29. The van der Waals surface area contributed by atoms with Crippen LogP contribution in [0, 0.1) is 0 Å². The Hall–Kier alpha value is -1.32. The molecule has 3 nitrogen and oxygen atoms in total. The number of para-hydroxylation sites is 1. The van der Waals surface area contributed by atoms with E-state index in [4.69, 9.17) is 10.2 Å². The number of aromatic nitrogens is 1. The molecule has 1 aromatic heterocycles. The van der Waals surface area contributed by atoms with Gasteiger partial charge in [0.25, 0.3) is 0 Å². The minimum Gasteiger partial charge on any atom is -0.394 e. The average Bonchev–Trinajstić information content (AvgIpc) is 2.85. The molecule has 18 heavy (non-hydrogen) atoms. The summed E-state index contributed by atoms with van der Waals surface area (Å²) in [7, 11) is 0. The summed E-state index contributed by atoms with van der Waals surface area (Å²) in [4.78, 5) is 3.27. The summed E-state index contributed by atoms with van der Waals surface area (Å²) < 4.78 is 0. The van der Waals surface area contributed by atoms with Gasteiger partial charge in [0.15, 0.2) is 0 Å². The Kier molecular flexibility index (Phi) is 8.97. The number of hydrogen-bond donors (Lipinski definition) is 3. The lowest BCUT2D eigenvalue weighted by atomic mass is 10.0. The van der Waals surface area contributed by atoms with E-state index in [1.165, 1.54) is 16.5 Å². The lowest BCUT2D eigenvalue weighted by Crippen LogP contribution is -1.85. The summed E-state index contributed by atoms with van der Waals surface area (Å²) in [6.07, 6.45) is 2.11. The van der Waals surface area contributed by atoms with Crippen LogP contribution in [0.5, 0.6) is 0 Å². The van der Waals surface area contributed by atoms with Crippen LogP contribution < -0.4 is 0 Å². The van der Waals surface area contributed by atoms with Gasteiger partial charge in [0.05, 0.1) is 13.2 Å². The number of benzene rings is 1. The molecule has 3 N–H and O–H groups in total. The summed E-state index contributed by atoms with van der Waals surface area (Å²) in [5, 5.41) is 16.6. The Morgan fingerprint density at radius 3 is 2.11 bits per heavy atom. The molecule has 3 heteroatoms. The van der Waals surface area contributed by atoms with Crippen LogP contribution in [0.4, 0.5) is 0 Å². The number of hydrogen-bond acceptors (Lipinski definition) is 2. The third-order valence-electron chi connectivity index (χ3n) is 2.34. The molecule has 0 fully saturated rings. The molecule has 0 amide bonds. The molecule has 0 spiro atoms. The molecule has 102 valence electrons. The Labute approximate surface area is 109 Å². The highest BCUT2D eigenvalue weighted by Crippen LogP contribution is 2.24. The zero-order chi connectivity index (χ0) is 14.0. The van der Waals surface area contributed by atoms with Gasteiger partial charge in [-0.1, -0.05) is 45.9 Å². The smallest absolute Gasteiger partial charge is 0.0662 e. The highest BCUT2D eigenvalue weighted by Gasteiger charge is 2.04. The Morgan fingerprint density at radius 1 is 1.06 bits per heavy atom. The van der Waals surface area contributed by atoms with Gasteiger partial charge in [-0.2, -0.15) is 0 Å². The van der Waals surface area contributed by atoms with E-state index in [9.17, 15) is 0 Å². The van der Waals surface area contributed by atoms with Crippen molar-refractivity contribution in [2.75, 3.05) is 13.2 Å². The molecule has 0 unspecified atom stereocenters. The molecule has 1 heterocycles. The van der Waals surface area contributed by atoms with Crippen molar-refractivity contribution in [2.45, 2.75) is 33.6 Å². The van der Waals surface area contributed by atoms with Crippen molar-refractivity contribution in [2.24, 2.45) is 0 Å². The molecule has 2 rings (SSSR count). The molecular formula is C15H25NO2. The van der Waals surface area contributed by atoms with Crippen molar-refractivity contribution in [3.8, 4) is 0 Å². The number of aromatic amines is 1. The largest absolute Gasteiger partial charge is 0.394 e. The molecule has 2 aromatic rings. The fraction of sp³-hybridized carbons (Fsp3) is 0.467. The maximum atomic E-state index is 7.62. The Bertz CT molecular complexity index is 419. The van der Waals surface area contributed by atoms with Crippen molar-refractivity contribution in [3.05, 3.63) is 36.0 Å². The SMILES string of the molecule is CC.CC(C)c1c[nH]c2ccccc12.OCCO. The zero-order valence-corrected chi connectivity index (χ0v) is 11.8. The second kappa shape index (κ2) is 9.68. The third kappa shape index (κ3) is 4.90. The zero-order valence-electron chi connectivity index (χ0n) is 11.8. The van der Waals surface area contributed by atoms with Crippen LogP contribution in [0.15, 0.2) is 30.5 Å². The summed E-state index contributed by atoms with van der Waals surface area (Å²) in [6.45, 7) is 8.19. The van der Waals surface area contributed by atoms with Crippen LogP contribution in [0.1, 0.15) is 39.2 Å². The lowest BCUT2D eigenvalue weighted by Gasteiger charge is -2.00. The summed E-state index contributed by atoms with van der Waals surface area (Å²) in [5.41, 5.74) is 2.65. The van der Waals surface area contributed by atoms with Gasteiger partial charge in [-0.25, -0.2) is 0 Å². The second-order valence-electron chi connectivity index (χ2n) is 3.89. The van der Waals surface area contributed by atoms with Crippen molar-refractivity contribution in [3.63, 3.8) is 0 Å². The molecule has 0 atom stereocenters. The summed E-state index contributed by atoms with van der Waals surface area (Å²) >= 11 is 0. The van der Waals surface area contributed by atoms with Crippen molar-refractivity contribution >= 4 is 10.9 Å². The molecule has 0 saturated carbocycles. The van der Waals surface area contributed by atoms with E-state index in [1.54, 1.807) is 0 Å². The first-order chi connectivity index (χ1) is 8.70. The van der Waals surface area contributed by atoms with Gasteiger partial charge in [0.2, 0.25) is 0 Å². The molecule has 0 saturated heterocycles. The second-order valence-corrected chi connectivity index (χ2v) is 3.89. The first-order valence-electron chi connectivity index (χ1n) is 6.48. The number of rotatable bonds is 2. The predicted molar refractivity (Wildman–Crippen MR) is 77.9 cm³/mol. The number of fused-ring (bicyclic) bond motifs is 1. The highest BCUT2D eigenvalue weighted by molar-refractivity contribution is 5.83. The number of aliphatic hydroxyl groups excluding tert-OH is 2. The van der Waals surface area contributed by atoms with Crippen molar-refractivity contribution in [1.82, 2.24) is 4.98 Å². The quantitative estimate of drug-likeness (QED) is 0.767.